The van der Waals surface area contributed by atoms with E-state index >= 15 is 0 Å². The molecule has 30 heavy (non-hydrogen) atoms. The second-order valence-corrected chi connectivity index (χ2v) is 7.59. The quantitative estimate of drug-likeness (QED) is 0.396. The van der Waals surface area contributed by atoms with Gasteiger partial charge in [0, 0.05) is 28.5 Å². The number of anilines is 1. The summed E-state index contributed by atoms with van der Waals surface area (Å²) in [5.74, 6) is -0.485. The van der Waals surface area contributed by atoms with Crippen molar-refractivity contribution in [2.45, 2.75) is 33.4 Å². The van der Waals surface area contributed by atoms with E-state index in [0.29, 0.717) is 22.3 Å². The highest BCUT2D eigenvalue weighted by atomic mass is 79.9. The molecule has 0 saturated heterocycles. The van der Waals surface area contributed by atoms with E-state index < -0.39 is 0 Å². The summed E-state index contributed by atoms with van der Waals surface area (Å²) in [6.07, 6.45) is 2.94. The molecular weight excluding hydrogens is 449 g/mol. The molecule has 0 aliphatic rings. The van der Waals surface area contributed by atoms with Crippen LogP contribution in [0, 0.1) is 12.7 Å². The van der Waals surface area contributed by atoms with Gasteiger partial charge < -0.3 is 5.32 Å². The molecule has 0 spiro atoms. The van der Waals surface area contributed by atoms with Gasteiger partial charge in [-0.15, -0.1) is 0 Å². The Labute approximate surface area is 183 Å². The highest BCUT2D eigenvalue weighted by Crippen LogP contribution is 2.16. The number of hydrogen-bond acceptors (Lipinski definition) is 3. The summed E-state index contributed by atoms with van der Waals surface area (Å²) in [4.78, 5) is 17.3. The minimum atomic E-state index is -0.381. The Bertz CT molecular complexity index is 1060. The third kappa shape index (κ3) is 5.76. The average Bonchev–Trinajstić information content (AvgIpc) is 3.06. The van der Waals surface area contributed by atoms with E-state index in [2.05, 4.69) is 43.6 Å². The number of aliphatic imine (C=N–C) groups is 1. The highest BCUT2D eigenvalue weighted by Gasteiger charge is 2.13. The number of benzene rings is 2. The lowest BCUT2D eigenvalue weighted by Crippen LogP contribution is -2.36. The molecule has 0 atom stereocenters. The van der Waals surface area contributed by atoms with Gasteiger partial charge in [0.1, 0.15) is 5.82 Å². The molecule has 2 N–H and O–H groups in total. The number of nitrogens with one attached hydrogen (secondary N) is 2. The van der Waals surface area contributed by atoms with Crippen LogP contribution in [0.3, 0.4) is 0 Å². The first-order valence-electron chi connectivity index (χ1n) is 9.62. The summed E-state index contributed by atoms with van der Waals surface area (Å²) in [6, 6.07) is 13.1. The van der Waals surface area contributed by atoms with E-state index in [9.17, 15) is 9.18 Å². The van der Waals surface area contributed by atoms with Crippen molar-refractivity contribution in [3.63, 3.8) is 0 Å². The minimum absolute atomic E-state index is 0.226. The molecule has 0 radical (unpaired) electrons. The Morgan fingerprint density at radius 3 is 2.77 bits per heavy atom. The number of guanidine groups is 1. The van der Waals surface area contributed by atoms with Crippen LogP contribution in [-0.4, -0.2) is 21.6 Å². The van der Waals surface area contributed by atoms with Crippen molar-refractivity contribution in [3.05, 3.63) is 81.8 Å². The van der Waals surface area contributed by atoms with Crippen molar-refractivity contribution < 1.29 is 9.18 Å². The number of nitrogens with zero attached hydrogens (tertiary/aromatic N) is 3. The van der Waals surface area contributed by atoms with E-state index in [1.54, 1.807) is 30.3 Å². The van der Waals surface area contributed by atoms with Crippen LogP contribution in [0.4, 0.5) is 10.1 Å². The normalized spacial score (nSPS) is 11.4. The second kappa shape index (κ2) is 10.2. The summed E-state index contributed by atoms with van der Waals surface area (Å²) in [5, 5.41) is 10.3. The minimum Gasteiger partial charge on any atom is -0.326 e. The second-order valence-electron chi connectivity index (χ2n) is 6.74. The van der Waals surface area contributed by atoms with Gasteiger partial charge in [0.2, 0.25) is 5.96 Å². The lowest BCUT2D eigenvalue weighted by molar-refractivity contribution is 0.0976. The maximum absolute atomic E-state index is 13.6. The first-order valence-corrected chi connectivity index (χ1v) is 10.4. The van der Waals surface area contributed by atoms with E-state index in [1.165, 1.54) is 12.1 Å². The molecule has 0 saturated carbocycles. The molecule has 156 valence electrons. The molecule has 1 amide bonds. The zero-order chi connectivity index (χ0) is 21.5. The molecule has 0 aliphatic carbocycles. The van der Waals surface area contributed by atoms with Gasteiger partial charge in [-0.3, -0.25) is 14.8 Å². The van der Waals surface area contributed by atoms with Gasteiger partial charge in [-0.25, -0.2) is 9.38 Å². The largest absolute Gasteiger partial charge is 0.326 e. The van der Waals surface area contributed by atoms with Gasteiger partial charge in [-0.2, -0.15) is 5.10 Å². The first kappa shape index (κ1) is 21.7. The molecule has 0 bridgehead atoms. The maximum Gasteiger partial charge on any atom is 0.259 e. The molecule has 3 aromatic rings. The van der Waals surface area contributed by atoms with Crippen LogP contribution < -0.4 is 10.6 Å². The Kier molecular flexibility index (Phi) is 7.35. The number of rotatable bonds is 6. The van der Waals surface area contributed by atoms with Crippen LogP contribution in [0.15, 0.2) is 64.2 Å². The van der Waals surface area contributed by atoms with E-state index in [4.69, 9.17) is 0 Å². The van der Waals surface area contributed by atoms with Crippen LogP contribution in [0.1, 0.15) is 35.0 Å². The highest BCUT2D eigenvalue weighted by molar-refractivity contribution is 9.10. The van der Waals surface area contributed by atoms with Crippen molar-refractivity contribution in [2.75, 3.05) is 5.32 Å². The van der Waals surface area contributed by atoms with E-state index in [0.717, 1.165) is 24.2 Å². The lowest BCUT2D eigenvalue weighted by atomic mass is 10.2. The molecule has 2 aromatic carbocycles. The molecule has 8 heteroatoms. The third-order valence-corrected chi connectivity index (χ3v) is 5.04. The summed E-state index contributed by atoms with van der Waals surface area (Å²) in [7, 11) is 0. The van der Waals surface area contributed by atoms with Crippen LogP contribution in [0.25, 0.3) is 0 Å². The Morgan fingerprint density at radius 1 is 1.23 bits per heavy atom. The molecule has 1 heterocycles. The number of hydrogen-bond donors (Lipinski definition) is 2. The fourth-order valence-corrected chi connectivity index (χ4v) is 3.32. The van der Waals surface area contributed by atoms with Gasteiger partial charge in [0.05, 0.1) is 17.8 Å². The molecule has 1 aromatic heterocycles. The Morgan fingerprint density at radius 2 is 2.03 bits per heavy atom. The van der Waals surface area contributed by atoms with E-state index in [1.807, 2.05) is 23.9 Å². The summed E-state index contributed by atoms with van der Waals surface area (Å²) in [6.45, 7) is 5.17. The summed E-state index contributed by atoms with van der Waals surface area (Å²) >= 11 is 3.38. The molecule has 6 nitrogen and oxygen atoms in total. The Balaban J connectivity index is 1.84. The number of amides is 1. The van der Waals surface area contributed by atoms with Crippen LogP contribution in [-0.2, 0) is 13.1 Å². The predicted octanol–water partition coefficient (Wildman–Crippen LogP) is 4.90. The van der Waals surface area contributed by atoms with Crippen LogP contribution in [0.2, 0.25) is 0 Å². The number of aryl methyl sites for hydroxylation is 2. The number of carbonyl (C=O) groups excluding carboxylic acids is 1. The molecular formula is C22H23BrFN5O. The molecule has 3 rings (SSSR count). The van der Waals surface area contributed by atoms with Gasteiger partial charge in [0.15, 0.2) is 0 Å². The van der Waals surface area contributed by atoms with Gasteiger partial charge in [-0.05, 0) is 59.6 Å². The van der Waals surface area contributed by atoms with Crippen LogP contribution in [0.5, 0.6) is 0 Å². The maximum atomic E-state index is 13.6. The Hall–Kier alpha value is -3.00. The van der Waals surface area contributed by atoms with Crippen molar-refractivity contribution in [2.24, 2.45) is 4.99 Å². The van der Waals surface area contributed by atoms with E-state index in [-0.39, 0.29) is 17.7 Å². The SMILES string of the molecule is CCCn1cc(CN=C(NC(=O)c2ccccc2Br)Nc2cccc(F)c2)c(C)n1. The van der Waals surface area contributed by atoms with Gasteiger partial charge >= 0.3 is 0 Å². The zero-order valence-corrected chi connectivity index (χ0v) is 18.4. The molecule has 0 unspecified atom stereocenters. The van der Waals surface area contributed by atoms with Crippen LogP contribution >= 0.6 is 15.9 Å². The first-order chi connectivity index (χ1) is 14.5. The van der Waals surface area contributed by atoms with Crippen molar-refractivity contribution in [1.29, 1.82) is 0 Å². The van der Waals surface area contributed by atoms with Crippen molar-refractivity contribution >= 4 is 33.5 Å². The van der Waals surface area contributed by atoms with Crippen molar-refractivity contribution in [3.8, 4) is 0 Å². The topological polar surface area (TPSA) is 71.3 Å². The number of aromatic nitrogens is 2. The average molecular weight is 472 g/mol. The third-order valence-electron chi connectivity index (χ3n) is 4.35. The summed E-state index contributed by atoms with van der Waals surface area (Å²) in [5.41, 5.74) is 2.80. The standard InChI is InChI=1S/C22H23BrFN5O/c1-3-11-29-14-16(15(2)28-29)13-25-22(26-18-8-6-7-17(24)12-18)27-21(30)19-9-4-5-10-20(19)23/h4-10,12,14H,3,11,13H2,1-2H3,(H2,25,26,27,30). The fourth-order valence-electron chi connectivity index (χ4n) is 2.86. The van der Waals surface area contributed by atoms with Crippen molar-refractivity contribution in [1.82, 2.24) is 15.1 Å². The lowest BCUT2D eigenvalue weighted by Gasteiger charge is -2.12. The zero-order valence-electron chi connectivity index (χ0n) is 16.8. The van der Waals surface area contributed by atoms with Gasteiger partial charge in [0.25, 0.3) is 5.91 Å². The number of halogens is 2. The van der Waals surface area contributed by atoms with Gasteiger partial charge in [-0.1, -0.05) is 25.1 Å². The monoisotopic (exact) mass is 471 g/mol. The predicted molar refractivity (Wildman–Crippen MR) is 120 cm³/mol. The number of carbonyl (C=O) groups is 1. The summed E-state index contributed by atoms with van der Waals surface area (Å²) < 4.78 is 16.2. The molecule has 0 fully saturated rings. The fraction of sp³-hybridized carbons (Fsp3) is 0.227. The molecule has 0 aliphatic heterocycles. The smallest absolute Gasteiger partial charge is 0.259 e.